The van der Waals surface area contributed by atoms with Crippen molar-refractivity contribution in [3.05, 3.63) is 65.2 Å². The molecule has 0 fully saturated rings. The van der Waals surface area contributed by atoms with Gasteiger partial charge in [-0.3, -0.25) is 4.79 Å². The molecule has 0 bridgehead atoms. The highest BCUT2D eigenvalue weighted by atomic mass is 16.5. The summed E-state index contributed by atoms with van der Waals surface area (Å²) in [4.78, 5) is 12.4. The van der Waals surface area contributed by atoms with Gasteiger partial charge in [0.05, 0.1) is 13.7 Å². The van der Waals surface area contributed by atoms with Crippen LogP contribution in [-0.2, 0) is 0 Å². The van der Waals surface area contributed by atoms with Gasteiger partial charge in [0.1, 0.15) is 11.6 Å². The number of ether oxygens (including phenoxy) is 2. The van der Waals surface area contributed by atoms with Crippen molar-refractivity contribution in [1.82, 2.24) is 0 Å². The van der Waals surface area contributed by atoms with Crippen molar-refractivity contribution in [3.63, 3.8) is 0 Å². The van der Waals surface area contributed by atoms with Crippen LogP contribution in [0, 0.1) is 11.3 Å². The zero-order chi connectivity index (χ0) is 17.4. The van der Waals surface area contributed by atoms with Crippen LogP contribution in [0.1, 0.15) is 29.3 Å². The highest BCUT2D eigenvalue weighted by Gasteiger charge is 2.12. The zero-order valence-corrected chi connectivity index (χ0v) is 13.8. The molecule has 4 nitrogen and oxygen atoms in total. The first-order valence-electron chi connectivity index (χ1n) is 7.72. The normalized spacial score (nSPS) is 10.8. The first-order chi connectivity index (χ1) is 11.7. The van der Waals surface area contributed by atoms with Gasteiger partial charge in [0.15, 0.2) is 11.5 Å². The van der Waals surface area contributed by atoms with E-state index in [1.807, 2.05) is 19.1 Å². The van der Waals surface area contributed by atoms with Crippen molar-refractivity contribution in [3.8, 4) is 17.6 Å². The summed E-state index contributed by atoms with van der Waals surface area (Å²) in [7, 11) is 1.57. The van der Waals surface area contributed by atoms with Crippen molar-refractivity contribution < 1.29 is 14.3 Å². The van der Waals surface area contributed by atoms with E-state index in [0.717, 1.165) is 6.42 Å². The number of carbonyl (C=O) groups is 1. The number of benzene rings is 2. The smallest absolute Gasteiger partial charge is 0.203 e. The molecular formula is C20H19NO3. The third kappa shape index (κ3) is 4.23. The van der Waals surface area contributed by atoms with Crippen LogP contribution in [0.2, 0.25) is 0 Å². The maximum Gasteiger partial charge on any atom is 0.203 e. The Bertz CT molecular complexity index is 773. The standard InChI is InChI=1S/C20H19NO3/c1-3-11-24-19-13-15(9-10-18(19)23-2)12-17(14-21)20(22)16-7-5-4-6-8-16/h4-10,12-13H,3,11H2,1-2H3/b17-12+. The molecule has 0 heterocycles. The molecule has 0 saturated heterocycles. The molecule has 0 unspecified atom stereocenters. The van der Waals surface area contributed by atoms with Gasteiger partial charge in [-0.15, -0.1) is 0 Å². The number of nitriles is 1. The minimum absolute atomic E-state index is 0.0767. The molecule has 0 aliphatic heterocycles. The summed E-state index contributed by atoms with van der Waals surface area (Å²) in [5.74, 6) is 0.913. The fourth-order valence-electron chi connectivity index (χ4n) is 2.17. The molecule has 0 atom stereocenters. The summed E-state index contributed by atoms with van der Waals surface area (Å²) in [6, 6.07) is 16.0. The van der Waals surface area contributed by atoms with Crippen LogP contribution in [-0.4, -0.2) is 19.5 Å². The van der Waals surface area contributed by atoms with Gasteiger partial charge in [0.25, 0.3) is 0 Å². The summed E-state index contributed by atoms with van der Waals surface area (Å²) < 4.78 is 10.9. The fraction of sp³-hybridized carbons (Fsp3) is 0.200. The molecule has 0 spiro atoms. The maximum absolute atomic E-state index is 12.4. The van der Waals surface area contributed by atoms with Crippen LogP contribution in [0.25, 0.3) is 6.08 Å². The average molecular weight is 321 g/mol. The molecular weight excluding hydrogens is 302 g/mol. The zero-order valence-electron chi connectivity index (χ0n) is 13.8. The van der Waals surface area contributed by atoms with E-state index in [2.05, 4.69) is 0 Å². The fourth-order valence-corrected chi connectivity index (χ4v) is 2.17. The molecule has 2 aromatic rings. The molecule has 0 aliphatic rings. The maximum atomic E-state index is 12.4. The molecule has 0 amide bonds. The Labute approximate surface area is 141 Å². The quantitative estimate of drug-likeness (QED) is 0.434. The van der Waals surface area contributed by atoms with Crippen LogP contribution >= 0.6 is 0 Å². The van der Waals surface area contributed by atoms with E-state index < -0.39 is 0 Å². The van der Waals surface area contributed by atoms with Gasteiger partial charge in [-0.2, -0.15) is 5.26 Å². The van der Waals surface area contributed by atoms with Crippen molar-refractivity contribution in [2.45, 2.75) is 13.3 Å². The number of rotatable bonds is 7. The van der Waals surface area contributed by atoms with Crippen LogP contribution in [0.15, 0.2) is 54.1 Å². The van der Waals surface area contributed by atoms with E-state index in [0.29, 0.717) is 29.2 Å². The van der Waals surface area contributed by atoms with Crippen LogP contribution in [0.3, 0.4) is 0 Å². The van der Waals surface area contributed by atoms with Gasteiger partial charge < -0.3 is 9.47 Å². The number of methoxy groups -OCH3 is 1. The van der Waals surface area contributed by atoms with Crippen molar-refractivity contribution in [2.75, 3.05) is 13.7 Å². The van der Waals surface area contributed by atoms with Crippen LogP contribution in [0.5, 0.6) is 11.5 Å². The summed E-state index contributed by atoms with van der Waals surface area (Å²) in [6.07, 6.45) is 2.44. The third-order valence-corrected chi connectivity index (χ3v) is 3.36. The molecule has 24 heavy (non-hydrogen) atoms. The Balaban J connectivity index is 2.34. The van der Waals surface area contributed by atoms with Crippen molar-refractivity contribution >= 4 is 11.9 Å². The first kappa shape index (κ1) is 17.3. The van der Waals surface area contributed by atoms with Crippen molar-refractivity contribution in [1.29, 1.82) is 5.26 Å². The summed E-state index contributed by atoms with van der Waals surface area (Å²) in [6.45, 7) is 2.58. The van der Waals surface area contributed by atoms with E-state index in [-0.39, 0.29) is 11.4 Å². The van der Waals surface area contributed by atoms with E-state index in [1.54, 1.807) is 55.7 Å². The molecule has 0 aliphatic carbocycles. The minimum Gasteiger partial charge on any atom is -0.493 e. The number of hydrogen-bond donors (Lipinski definition) is 0. The van der Waals surface area contributed by atoms with Crippen molar-refractivity contribution in [2.24, 2.45) is 0 Å². The highest BCUT2D eigenvalue weighted by Crippen LogP contribution is 2.29. The lowest BCUT2D eigenvalue weighted by Gasteiger charge is -2.10. The molecule has 0 N–H and O–H groups in total. The summed E-state index contributed by atoms with van der Waals surface area (Å²) in [5, 5.41) is 9.34. The SMILES string of the molecule is CCCOc1cc(/C=C(\C#N)C(=O)c2ccccc2)ccc1OC. The topological polar surface area (TPSA) is 59.3 Å². The van der Waals surface area contributed by atoms with Crippen LogP contribution in [0.4, 0.5) is 0 Å². The van der Waals surface area contributed by atoms with Gasteiger partial charge in [-0.1, -0.05) is 43.3 Å². The molecule has 0 radical (unpaired) electrons. The second kappa shape index (κ2) is 8.54. The molecule has 2 rings (SSSR count). The Morgan fingerprint density at radius 2 is 1.92 bits per heavy atom. The Hall–Kier alpha value is -3.06. The number of hydrogen-bond acceptors (Lipinski definition) is 4. The molecule has 0 saturated carbocycles. The van der Waals surface area contributed by atoms with Gasteiger partial charge >= 0.3 is 0 Å². The number of carbonyl (C=O) groups excluding carboxylic acids is 1. The van der Waals surface area contributed by atoms with Gasteiger partial charge in [0, 0.05) is 5.56 Å². The average Bonchev–Trinajstić information content (AvgIpc) is 2.64. The van der Waals surface area contributed by atoms with E-state index in [1.165, 1.54) is 0 Å². The van der Waals surface area contributed by atoms with Gasteiger partial charge in [0.2, 0.25) is 5.78 Å². The molecule has 4 heteroatoms. The lowest BCUT2D eigenvalue weighted by molar-refractivity contribution is 0.104. The number of Topliss-reactive ketones (excluding diaryl/α,β-unsaturated/α-hetero) is 1. The predicted octanol–water partition coefficient (Wildman–Crippen LogP) is 4.27. The molecule has 0 aromatic heterocycles. The lowest BCUT2D eigenvalue weighted by Crippen LogP contribution is -2.02. The van der Waals surface area contributed by atoms with E-state index in [4.69, 9.17) is 9.47 Å². The Kier molecular flexibility index (Phi) is 6.16. The summed E-state index contributed by atoms with van der Waals surface area (Å²) in [5.41, 5.74) is 1.27. The van der Waals surface area contributed by atoms with Crippen LogP contribution < -0.4 is 9.47 Å². The predicted molar refractivity (Wildman–Crippen MR) is 93.1 cm³/mol. The monoisotopic (exact) mass is 321 g/mol. The minimum atomic E-state index is -0.301. The van der Waals surface area contributed by atoms with E-state index in [9.17, 15) is 10.1 Å². The number of ketones is 1. The molecule has 122 valence electrons. The largest absolute Gasteiger partial charge is 0.493 e. The third-order valence-electron chi connectivity index (χ3n) is 3.36. The lowest BCUT2D eigenvalue weighted by atomic mass is 10.0. The Morgan fingerprint density at radius 3 is 2.54 bits per heavy atom. The van der Waals surface area contributed by atoms with Gasteiger partial charge in [-0.25, -0.2) is 0 Å². The number of nitrogens with zero attached hydrogens (tertiary/aromatic N) is 1. The highest BCUT2D eigenvalue weighted by molar-refractivity contribution is 6.14. The second-order valence-electron chi connectivity index (χ2n) is 5.12. The molecule has 2 aromatic carbocycles. The second-order valence-corrected chi connectivity index (χ2v) is 5.12. The summed E-state index contributed by atoms with van der Waals surface area (Å²) >= 11 is 0. The van der Waals surface area contributed by atoms with Gasteiger partial charge in [-0.05, 0) is 30.2 Å². The first-order valence-corrected chi connectivity index (χ1v) is 7.72. The number of allylic oxidation sites excluding steroid dienone is 1. The Morgan fingerprint density at radius 1 is 1.17 bits per heavy atom. The van der Waals surface area contributed by atoms with E-state index >= 15 is 0 Å².